The summed E-state index contributed by atoms with van der Waals surface area (Å²) in [5.41, 5.74) is 2.59. The maximum atomic E-state index is 13.4. The lowest BCUT2D eigenvalue weighted by Crippen LogP contribution is -2.38. The Morgan fingerprint density at radius 3 is 2.05 bits per heavy atom. The number of hydrogen-bond acceptors (Lipinski definition) is 7. The number of rotatable bonds is 14. The van der Waals surface area contributed by atoms with Crippen LogP contribution in [0.4, 0.5) is 0 Å². The summed E-state index contributed by atoms with van der Waals surface area (Å²) in [4.78, 5) is 24.8. The zero-order valence-corrected chi connectivity index (χ0v) is 24.5. The molecule has 7 nitrogen and oxygen atoms in total. The zero-order chi connectivity index (χ0) is 29.7. The standard InChI is InChI=1S/C35H40O7/c1-38-32(36)19-13-5-4-12-18-29-30(41-28-16-10-7-11-17-28)24-31(33(29)35(39-2)40-3)42-34(37)27-22-20-26(21-23-27)25-14-8-6-9-15-25/h4-11,14-17,20-23,29-31,33,35H,12-13,18-19,24H2,1-3H3/t29-,30+,31+,33+/m0/s1. The summed E-state index contributed by atoms with van der Waals surface area (Å²) in [7, 11) is 4.60. The monoisotopic (exact) mass is 572 g/mol. The van der Waals surface area contributed by atoms with E-state index in [1.807, 2.05) is 78.9 Å². The van der Waals surface area contributed by atoms with Gasteiger partial charge < -0.3 is 23.7 Å². The van der Waals surface area contributed by atoms with E-state index in [-0.39, 0.29) is 23.9 Å². The van der Waals surface area contributed by atoms with Crippen LogP contribution in [0.1, 0.15) is 42.5 Å². The van der Waals surface area contributed by atoms with E-state index in [0.29, 0.717) is 24.8 Å². The second kappa shape index (κ2) is 15.9. The van der Waals surface area contributed by atoms with Gasteiger partial charge in [0.05, 0.1) is 18.6 Å². The number of benzene rings is 3. The molecule has 0 bridgehead atoms. The molecule has 7 heteroatoms. The van der Waals surface area contributed by atoms with E-state index in [1.165, 1.54) is 7.11 Å². The van der Waals surface area contributed by atoms with Crippen molar-refractivity contribution in [1.82, 2.24) is 0 Å². The lowest BCUT2D eigenvalue weighted by atomic mass is 9.88. The molecule has 1 aliphatic carbocycles. The number of hydrogen-bond donors (Lipinski definition) is 0. The quantitative estimate of drug-likeness (QED) is 0.118. The van der Waals surface area contributed by atoms with Crippen LogP contribution >= 0.6 is 0 Å². The van der Waals surface area contributed by atoms with Gasteiger partial charge in [-0.25, -0.2) is 4.79 Å². The second-order valence-corrected chi connectivity index (χ2v) is 10.3. The van der Waals surface area contributed by atoms with Gasteiger partial charge >= 0.3 is 11.9 Å². The van der Waals surface area contributed by atoms with Gasteiger partial charge in [-0.05, 0) is 54.7 Å². The molecule has 222 valence electrons. The zero-order valence-electron chi connectivity index (χ0n) is 24.5. The molecule has 0 unspecified atom stereocenters. The molecule has 4 rings (SSSR count). The van der Waals surface area contributed by atoms with Gasteiger partial charge in [-0.3, -0.25) is 4.79 Å². The minimum atomic E-state index is -0.582. The third-order valence-electron chi connectivity index (χ3n) is 7.74. The summed E-state index contributed by atoms with van der Waals surface area (Å²) in [5, 5.41) is 0. The minimum Gasteiger partial charge on any atom is -0.490 e. The van der Waals surface area contributed by atoms with Gasteiger partial charge in [0.15, 0.2) is 6.29 Å². The van der Waals surface area contributed by atoms with Crippen molar-refractivity contribution in [3.05, 3.63) is 103 Å². The summed E-state index contributed by atoms with van der Waals surface area (Å²) >= 11 is 0. The van der Waals surface area contributed by atoms with Crippen molar-refractivity contribution in [2.24, 2.45) is 11.8 Å². The average molecular weight is 573 g/mol. The molecule has 0 heterocycles. The number of esters is 2. The summed E-state index contributed by atoms with van der Waals surface area (Å²) in [5.74, 6) is -0.121. The first-order valence-corrected chi connectivity index (χ1v) is 14.4. The smallest absolute Gasteiger partial charge is 0.338 e. The number of para-hydroxylation sites is 1. The lowest BCUT2D eigenvalue weighted by Gasteiger charge is -2.31. The van der Waals surface area contributed by atoms with Gasteiger partial charge in [-0.1, -0.05) is 72.8 Å². The molecule has 3 aromatic carbocycles. The molecule has 1 aliphatic rings. The highest BCUT2D eigenvalue weighted by Crippen LogP contribution is 2.43. The summed E-state index contributed by atoms with van der Waals surface area (Å²) in [6.07, 6.45) is 5.79. The maximum absolute atomic E-state index is 13.4. The highest BCUT2D eigenvalue weighted by Gasteiger charge is 2.50. The fourth-order valence-corrected chi connectivity index (χ4v) is 5.65. The van der Waals surface area contributed by atoms with Crippen LogP contribution in [0.25, 0.3) is 11.1 Å². The molecule has 4 atom stereocenters. The second-order valence-electron chi connectivity index (χ2n) is 10.3. The van der Waals surface area contributed by atoms with E-state index in [1.54, 1.807) is 26.4 Å². The molecule has 0 spiro atoms. The highest BCUT2D eigenvalue weighted by molar-refractivity contribution is 5.90. The molecule has 1 saturated carbocycles. The Morgan fingerprint density at radius 1 is 0.786 bits per heavy atom. The SMILES string of the molecule is COC(=O)CCC=CCC[C@@H]1[C@@H](C(OC)OC)[C@H](OC(=O)c2ccc(-c3ccccc3)cc2)C[C@H]1Oc1ccccc1. The first kappa shape index (κ1) is 31.0. The van der Waals surface area contributed by atoms with Crippen molar-refractivity contribution in [3.8, 4) is 16.9 Å². The van der Waals surface area contributed by atoms with Gasteiger partial charge in [-0.2, -0.15) is 0 Å². The van der Waals surface area contributed by atoms with Gasteiger partial charge in [0.25, 0.3) is 0 Å². The maximum Gasteiger partial charge on any atom is 0.338 e. The number of carbonyl (C=O) groups is 2. The van der Waals surface area contributed by atoms with Crippen LogP contribution < -0.4 is 4.74 Å². The van der Waals surface area contributed by atoms with Crippen molar-refractivity contribution in [1.29, 1.82) is 0 Å². The molecular weight excluding hydrogens is 532 g/mol. The lowest BCUT2D eigenvalue weighted by molar-refractivity contribution is -0.167. The molecule has 1 fully saturated rings. The topological polar surface area (TPSA) is 80.3 Å². The molecule has 3 aromatic rings. The van der Waals surface area contributed by atoms with Crippen molar-refractivity contribution in [2.45, 2.75) is 50.6 Å². The first-order chi connectivity index (χ1) is 20.5. The van der Waals surface area contributed by atoms with Crippen LogP contribution in [0, 0.1) is 11.8 Å². The van der Waals surface area contributed by atoms with E-state index in [0.717, 1.165) is 29.7 Å². The van der Waals surface area contributed by atoms with Crippen molar-refractivity contribution in [2.75, 3.05) is 21.3 Å². The van der Waals surface area contributed by atoms with Gasteiger partial charge in [0.1, 0.15) is 18.0 Å². The minimum absolute atomic E-state index is 0.0152. The van der Waals surface area contributed by atoms with Gasteiger partial charge in [0.2, 0.25) is 0 Å². The van der Waals surface area contributed by atoms with E-state index < -0.39 is 18.4 Å². The number of carbonyl (C=O) groups excluding carboxylic acids is 2. The van der Waals surface area contributed by atoms with Crippen LogP contribution in [0.15, 0.2) is 97.1 Å². The van der Waals surface area contributed by atoms with E-state index >= 15 is 0 Å². The van der Waals surface area contributed by atoms with Crippen LogP contribution in [-0.2, 0) is 23.7 Å². The molecule has 0 amide bonds. The predicted molar refractivity (Wildman–Crippen MR) is 161 cm³/mol. The van der Waals surface area contributed by atoms with Crippen LogP contribution in [0.2, 0.25) is 0 Å². The van der Waals surface area contributed by atoms with E-state index in [2.05, 4.69) is 6.08 Å². The van der Waals surface area contributed by atoms with Crippen molar-refractivity contribution in [3.63, 3.8) is 0 Å². The summed E-state index contributed by atoms with van der Waals surface area (Å²) < 4.78 is 28.8. The molecular formula is C35H40O7. The predicted octanol–water partition coefficient (Wildman–Crippen LogP) is 6.87. The Kier molecular flexibility index (Phi) is 11.7. The fourth-order valence-electron chi connectivity index (χ4n) is 5.65. The van der Waals surface area contributed by atoms with Gasteiger partial charge in [-0.15, -0.1) is 0 Å². The Labute approximate surface area is 248 Å². The third kappa shape index (κ3) is 8.30. The summed E-state index contributed by atoms with van der Waals surface area (Å²) in [6, 6.07) is 27.2. The molecule has 0 N–H and O–H groups in total. The molecule has 0 aliphatic heterocycles. The fraction of sp³-hybridized carbons (Fsp3) is 0.371. The molecule has 0 aromatic heterocycles. The number of allylic oxidation sites excluding steroid dienone is 2. The Bertz CT molecular complexity index is 1270. The van der Waals surface area contributed by atoms with Crippen molar-refractivity contribution < 1.29 is 33.3 Å². The number of methoxy groups -OCH3 is 3. The largest absolute Gasteiger partial charge is 0.490 e. The van der Waals surface area contributed by atoms with Gasteiger partial charge in [0, 0.05) is 33.0 Å². The molecule has 42 heavy (non-hydrogen) atoms. The summed E-state index contributed by atoms with van der Waals surface area (Å²) in [6.45, 7) is 0. The van der Waals surface area contributed by atoms with E-state index in [9.17, 15) is 9.59 Å². The van der Waals surface area contributed by atoms with Crippen LogP contribution in [0.3, 0.4) is 0 Å². The third-order valence-corrected chi connectivity index (χ3v) is 7.74. The van der Waals surface area contributed by atoms with Crippen LogP contribution in [0.5, 0.6) is 5.75 Å². The number of ether oxygens (including phenoxy) is 5. The molecule has 0 radical (unpaired) electrons. The Balaban J connectivity index is 1.51. The average Bonchev–Trinajstić information content (AvgIpc) is 3.35. The Morgan fingerprint density at radius 2 is 1.40 bits per heavy atom. The molecule has 0 saturated heterocycles. The van der Waals surface area contributed by atoms with Crippen LogP contribution in [-0.4, -0.2) is 51.8 Å². The van der Waals surface area contributed by atoms with E-state index in [4.69, 9.17) is 23.7 Å². The van der Waals surface area contributed by atoms with Crippen molar-refractivity contribution >= 4 is 11.9 Å². The Hall–Kier alpha value is -3.94. The normalized spacial score (nSPS) is 20.1. The highest BCUT2D eigenvalue weighted by atomic mass is 16.7. The first-order valence-electron chi connectivity index (χ1n) is 14.4.